The van der Waals surface area contributed by atoms with Gasteiger partial charge in [0.25, 0.3) is 0 Å². The summed E-state index contributed by atoms with van der Waals surface area (Å²) in [6.45, 7) is 3.93. The molecule has 0 saturated carbocycles. The van der Waals surface area contributed by atoms with Crippen molar-refractivity contribution in [2.75, 3.05) is 0 Å². The number of carbonyl (C=O) groups is 1. The van der Waals surface area contributed by atoms with E-state index in [-0.39, 0.29) is 18.5 Å². The number of ether oxygens (including phenoxy) is 3. The average Bonchev–Trinajstić information content (AvgIpc) is 2.75. The fourth-order valence-electron chi connectivity index (χ4n) is 3.20. The summed E-state index contributed by atoms with van der Waals surface area (Å²) < 4.78 is 17.6. The Morgan fingerprint density at radius 3 is 1.97 bits per heavy atom. The second-order valence-corrected chi connectivity index (χ2v) is 7.56. The molecule has 0 heterocycles. The van der Waals surface area contributed by atoms with Gasteiger partial charge in [-0.25, -0.2) is 0 Å². The Kier molecular flexibility index (Phi) is 8.07. The smallest absolute Gasteiger partial charge is 0.311 e. The van der Waals surface area contributed by atoms with Crippen LogP contribution in [0.3, 0.4) is 0 Å². The highest BCUT2D eigenvalue weighted by Crippen LogP contribution is 2.33. The van der Waals surface area contributed by atoms with Crippen molar-refractivity contribution in [3.8, 4) is 11.5 Å². The molecule has 3 aromatic carbocycles. The zero-order valence-electron chi connectivity index (χ0n) is 17.9. The van der Waals surface area contributed by atoms with Gasteiger partial charge in [-0.2, -0.15) is 0 Å². The Labute approximate surface area is 183 Å². The molecular formula is C26H29NO4. The van der Waals surface area contributed by atoms with Crippen molar-refractivity contribution in [2.45, 2.75) is 45.1 Å². The van der Waals surface area contributed by atoms with Crippen LogP contribution in [-0.2, 0) is 16.0 Å². The third kappa shape index (κ3) is 7.15. The second kappa shape index (κ2) is 11.2. The van der Waals surface area contributed by atoms with E-state index in [4.69, 9.17) is 19.9 Å². The monoisotopic (exact) mass is 419 g/mol. The topological polar surface area (TPSA) is 70.8 Å². The van der Waals surface area contributed by atoms with Crippen molar-refractivity contribution in [1.29, 1.82) is 0 Å². The van der Waals surface area contributed by atoms with E-state index in [9.17, 15) is 4.79 Å². The summed E-state index contributed by atoms with van der Waals surface area (Å²) >= 11 is 0. The highest BCUT2D eigenvalue weighted by Gasteiger charge is 2.22. The van der Waals surface area contributed by atoms with Gasteiger partial charge in [-0.15, -0.1) is 0 Å². The van der Waals surface area contributed by atoms with Crippen LogP contribution in [0.5, 0.6) is 11.5 Å². The molecule has 162 valence electrons. The first kappa shape index (κ1) is 22.4. The first-order valence-electron chi connectivity index (χ1n) is 10.5. The number of nitrogens with two attached hydrogens (primary N) is 1. The second-order valence-electron chi connectivity index (χ2n) is 7.56. The highest BCUT2D eigenvalue weighted by molar-refractivity contribution is 5.72. The van der Waals surface area contributed by atoms with Crippen LogP contribution in [0.25, 0.3) is 0 Å². The molecule has 0 aliphatic rings. The molecule has 0 fully saturated rings. The van der Waals surface area contributed by atoms with Gasteiger partial charge in [-0.3, -0.25) is 10.5 Å². The molecule has 31 heavy (non-hydrogen) atoms. The third-order valence-electron chi connectivity index (χ3n) is 4.57. The molecule has 5 nitrogen and oxygen atoms in total. The number of esters is 1. The Bertz CT molecular complexity index is 944. The fourth-order valence-corrected chi connectivity index (χ4v) is 3.20. The largest absolute Gasteiger partial charge is 0.487 e. The molecule has 2 atom stereocenters. The first-order chi connectivity index (χ1) is 15.0. The van der Waals surface area contributed by atoms with Crippen molar-refractivity contribution in [3.05, 3.63) is 96.1 Å². The van der Waals surface area contributed by atoms with E-state index in [1.165, 1.54) is 0 Å². The molecule has 0 radical (unpaired) electrons. The van der Waals surface area contributed by atoms with Crippen molar-refractivity contribution in [3.63, 3.8) is 0 Å². The maximum Gasteiger partial charge on any atom is 0.311 e. The number of hydrogen-bond donors (Lipinski definition) is 1. The molecule has 2 N–H and O–H groups in total. The molecule has 0 amide bonds. The normalized spacial score (nSPS) is 12.8. The van der Waals surface area contributed by atoms with E-state index >= 15 is 0 Å². The lowest BCUT2D eigenvalue weighted by Gasteiger charge is -2.24. The van der Waals surface area contributed by atoms with Gasteiger partial charge < -0.3 is 14.2 Å². The zero-order chi connectivity index (χ0) is 22.1. The van der Waals surface area contributed by atoms with Crippen LogP contribution in [0.2, 0.25) is 0 Å². The van der Waals surface area contributed by atoms with Gasteiger partial charge in [0.15, 0.2) is 17.7 Å². The maximum atomic E-state index is 12.3. The minimum absolute atomic E-state index is 0.0149. The standard InChI is InChI=1S/C26H29NO4/c1-19(2)29-22-15-9-10-16-23(22)30-24(21-13-7-4-8-14-21)18-25(27)31-26(28)17-20-11-5-3-6-12-20/h3-16,19,24-25H,17-18,27H2,1-2H3. The van der Waals surface area contributed by atoms with Crippen LogP contribution in [-0.4, -0.2) is 18.3 Å². The molecule has 0 aromatic heterocycles. The summed E-state index contributed by atoms with van der Waals surface area (Å²) in [5, 5.41) is 0. The first-order valence-corrected chi connectivity index (χ1v) is 10.5. The number of rotatable bonds is 10. The summed E-state index contributed by atoms with van der Waals surface area (Å²) in [5.41, 5.74) is 8.01. The number of benzene rings is 3. The van der Waals surface area contributed by atoms with Crippen LogP contribution >= 0.6 is 0 Å². The predicted molar refractivity (Wildman–Crippen MR) is 121 cm³/mol. The third-order valence-corrected chi connectivity index (χ3v) is 4.57. The van der Waals surface area contributed by atoms with Crippen LogP contribution in [0.1, 0.15) is 37.5 Å². The van der Waals surface area contributed by atoms with E-state index in [2.05, 4.69) is 0 Å². The molecule has 2 unspecified atom stereocenters. The van der Waals surface area contributed by atoms with E-state index in [0.29, 0.717) is 17.9 Å². The SMILES string of the molecule is CC(C)Oc1ccccc1OC(CC(N)OC(=O)Cc1ccccc1)c1ccccc1. The molecule has 5 heteroatoms. The molecule has 0 bridgehead atoms. The number of hydrogen-bond acceptors (Lipinski definition) is 5. The predicted octanol–water partition coefficient (Wildman–Crippen LogP) is 5.05. The van der Waals surface area contributed by atoms with Gasteiger partial charge in [-0.05, 0) is 37.1 Å². The van der Waals surface area contributed by atoms with Crippen LogP contribution < -0.4 is 15.2 Å². The van der Waals surface area contributed by atoms with Gasteiger partial charge >= 0.3 is 5.97 Å². The molecule has 0 aliphatic carbocycles. The van der Waals surface area contributed by atoms with Gasteiger partial charge in [0.05, 0.1) is 12.5 Å². The average molecular weight is 420 g/mol. The maximum absolute atomic E-state index is 12.3. The summed E-state index contributed by atoms with van der Waals surface area (Å²) in [5.74, 6) is 0.912. The van der Waals surface area contributed by atoms with Gasteiger partial charge in [0, 0.05) is 6.42 Å². The van der Waals surface area contributed by atoms with Crippen LogP contribution in [0.4, 0.5) is 0 Å². The lowest BCUT2D eigenvalue weighted by molar-refractivity contribution is -0.149. The summed E-state index contributed by atoms with van der Waals surface area (Å²) in [7, 11) is 0. The van der Waals surface area contributed by atoms with Gasteiger partial charge in [0.1, 0.15) is 6.10 Å². The van der Waals surface area contributed by atoms with Crippen LogP contribution in [0.15, 0.2) is 84.9 Å². The Balaban J connectivity index is 1.71. The molecule has 0 spiro atoms. The Hall–Kier alpha value is -3.31. The number of carbonyl (C=O) groups excluding carboxylic acids is 1. The van der Waals surface area contributed by atoms with E-state index in [0.717, 1.165) is 11.1 Å². The van der Waals surface area contributed by atoms with Crippen LogP contribution in [0, 0.1) is 0 Å². The van der Waals surface area contributed by atoms with E-state index < -0.39 is 12.3 Å². The van der Waals surface area contributed by atoms with E-state index in [1.54, 1.807) is 0 Å². The minimum atomic E-state index is -0.806. The lowest BCUT2D eigenvalue weighted by atomic mass is 10.1. The fraction of sp³-hybridized carbons (Fsp3) is 0.269. The highest BCUT2D eigenvalue weighted by atomic mass is 16.6. The Morgan fingerprint density at radius 1 is 0.806 bits per heavy atom. The summed E-state index contributed by atoms with van der Waals surface area (Å²) in [6.07, 6.45) is -0.713. The van der Waals surface area contributed by atoms with Gasteiger partial charge in [0.2, 0.25) is 0 Å². The van der Waals surface area contributed by atoms with Crippen molar-refractivity contribution in [2.24, 2.45) is 5.73 Å². The lowest BCUT2D eigenvalue weighted by Crippen LogP contribution is -2.31. The molecule has 0 aliphatic heterocycles. The van der Waals surface area contributed by atoms with Crippen molar-refractivity contribution >= 4 is 5.97 Å². The molecular weight excluding hydrogens is 390 g/mol. The molecule has 3 aromatic rings. The molecule has 3 rings (SSSR count). The summed E-state index contributed by atoms with van der Waals surface area (Å²) in [6, 6.07) is 26.7. The number of para-hydroxylation sites is 2. The quantitative estimate of drug-likeness (QED) is 0.368. The Morgan fingerprint density at radius 2 is 1.35 bits per heavy atom. The zero-order valence-corrected chi connectivity index (χ0v) is 17.9. The molecule has 0 saturated heterocycles. The summed E-state index contributed by atoms with van der Waals surface area (Å²) in [4.78, 5) is 12.3. The minimum Gasteiger partial charge on any atom is -0.487 e. The van der Waals surface area contributed by atoms with E-state index in [1.807, 2.05) is 98.8 Å². The van der Waals surface area contributed by atoms with Crippen molar-refractivity contribution in [1.82, 2.24) is 0 Å². The van der Waals surface area contributed by atoms with Crippen molar-refractivity contribution < 1.29 is 19.0 Å². The van der Waals surface area contributed by atoms with Gasteiger partial charge in [-0.1, -0.05) is 72.8 Å².